The van der Waals surface area contributed by atoms with Gasteiger partial charge >= 0.3 is 0 Å². The fourth-order valence-electron chi connectivity index (χ4n) is 2.73. The summed E-state index contributed by atoms with van der Waals surface area (Å²) < 4.78 is 1.98. The molecule has 1 aliphatic heterocycles. The zero-order chi connectivity index (χ0) is 12.1. The maximum Gasteiger partial charge on any atom is 0.0492 e. The standard InChI is InChI=1S/C13H22ClN3/c1-16-12(6-9-15-16)7-11-17-10-3-5-13(17)4-2-8-14/h6,9,13H,2-5,7-8,10-11H2,1H3. The summed E-state index contributed by atoms with van der Waals surface area (Å²) in [6.07, 6.45) is 8.09. The molecule has 1 aliphatic rings. The Bertz CT molecular complexity index is 337. The van der Waals surface area contributed by atoms with Crippen LogP contribution in [0.1, 0.15) is 31.4 Å². The molecule has 0 bridgehead atoms. The highest BCUT2D eigenvalue weighted by Gasteiger charge is 2.23. The molecular formula is C13H22ClN3. The van der Waals surface area contributed by atoms with E-state index in [1.807, 2.05) is 17.9 Å². The van der Waals surface area contributed by atoms with Crippen LogP contribution in [-0.4, -0.2) is 39.7 Å². The second-order valence-corrected chi connectivity index (χ2v) is 5.24. The lowest BCUT2D eigenvalue weighted by molar-refractivity contribution is 0.243. The minimum absolute atomic E-state index is 0.766. The van der Waals surface area contributed by atoms with Crippen LogP contribution in [0.4, 0.5) is 0 Å². The van der Waals surface area contributed by atoms with Crippen molar-refractivity contribution in [3.05, 3.63) is 18.0 Å². The van der Waals surface area contributed by atoms with Gasteiger partial charge in [0, 0.05) is 43.8 Å². The van der Waals surface area contributed by atoms with Gasteiger partial charge in [0.15, 0.2) is 0 Å². The maximum absolute atomic E-state index is 5.78. The fraction of sp³-hybridized carbons (Fsp3) is 0.769. The fourth-order valence-corrected chi connectivity index (χ4v) is 2.89. The van der Waals surface area contributed by atoms with Crippen LogP contribution in [0.2, 0.25) is 0 Å². The molecule has 2 heterocycles. The van der Waals surface area contributed by atoms with Crippen molar-refractivity contribution in [2.24, 2.45) is 7.05 Å². The third kappa shape index (κ3) is 3.46. The molecule has 2 rings (SSSR count). The summed E-state index contributed by atoms with van der Waals surface area (Å²) in [6, 6.07) is 2.88. The summed E-state index contributed by atoms with van der Waals surface area (Å²) in [5.74, 6) is 0.798. The van der Waals surface area contributed by atoms with Gasteiger partial charge < -0.3 is 0 Å². The molecule has 0 aliphatic carbocycles. The van der Waals surface area contributed by atoms with Crippen molar-refractivity contribution in [1.82, 2.24) is 14.7 Å². The first-order chi connectivity index (χ1) is 8.31. The van der Waals surface area contributed by atoms with Gasteiger partial charge in [-0.3, -0.25) is 9.58 Å². The largest absolute Gasteiger partial charge is 0.300 e. The number of rotatable bonds is 6. The zero-order valence-electron chi connectivity index (χ0n) is 10.6. The van der Waals surface area contributed by atoms with Crippen LogP contribution < -0.4 is 0 Å². The Morgan fingerprint density at radius 3 is 3.12 bits per heavy atom. The average molecular weight is 256 g/mol. The predicted octanol–water partition coefficient (Wildman–Crippen LogP) is 2.45. The van der Waals surface area contributed by atoms with Gasteiger partial charge in [0.25, 0.3) is 0 Å². The molecule has 1 saturated heterocycles. The monoisotopic (exact) mass is 255 g/mol. The molecule has 0 N–H and O–H groups in total. The van der Waals surface area contributed by atoms with E-state index < -0.39 is 0 Å². The van der Waals surface area contributed by atoms with Crippen molar-refractivity contribution < 1.29 is 0 Å². The molecule has 3 nitrogen and oxygen atoms in total. The quantitative estimate of drug-likeness (QED) is 0.728. The SMILES string of the molecule is Cn1nccc1CCN1CCCC1CCCCl. The first kappa shape index (κ1) is 12.9. The summed E-state index contributed by atoms with van der Waals surface area (Å²) in [6.45, 7) is 2.41. The number of hydrogen-bond donors (Lipinski definition) is 0. The van der Waals surface area contributed by atoms with Gasteiger partial charge in [0.1, 0.15) is 0 Å². The lowest BCUT2D eigenvalue weighted by Gasteiger charge is -2.24. The van der Waals surface area contributed by atoms with E-state index >= 15 is 0 Å². The van der Waals surface area contributed by atoms with Crippen LogP contribution in [0.25, 0.3) is 0 Å². The predicted molar refractivity (Wildman–Crippen MR) is 71.5 cm³/mol. The molecule has 4 heteroatoms. The lowest BCUT2D eigenvalue weighted by Crippen LogP contribution is -2.31. The van der Waals surface area contributed by atoms with Crippen molar-refractivity contribution in [2.45, 2.75) is 38.1 Å². The van der Waals surface area contributed by atoms with E-state index in [4.69, 9.17) is 11.6 Å². The molecule has 1 atom stereocenters. The summed E-state index contributed by atoms with van der Waals surface area (Å²) in [4.78, 5) is 2.62. The van der Waals surface area contributed by atoms with Crippen molar-refractivity contribution in [3.8, 4) is 0 Å². The Balaban J connectivity index is 1.80. The van der Waals surface area contributed by atoms with E-state index in [0.717, 1.165) is 31.3 Å². The van der Waals surface area contributed by atoms with Crippen LogP contribution in [0.15, 0.2) is 12.3 Å². The van der Waals surface area contributed by atoms with Gasteiger partial charge in [-0.05, 0) is 38.3 Å². The summed E-state index contributed by atoms with van der Waals surface area (Å²) in [5.41, 5.74) is 1.33. The number of nitrogens with zero attached hydrogens (tertiary/aromatic N) is 3. The number of aryl methyl sites for hydroxylation is 1. The van der Waals surface area contributed by atoms with Crippen LogP contribution in [-0.2, 0) is 13.5 Å². The smallest absolute Gasteiger partial charge is 0.0492 e. The van der Waals surface area contributed by atoms with Crippen LogP contribution in [0.5, 0.6) is 0 Å². The van der Waals surface area contributed by atoms with E-state index in [2.05, 4.69) is 16.1 Å². The molecule has 0 saturated carbocycles. The van der Waals surface area contributed by atoms with Gasteiger partial charge in [-0.2, -0.15) is 5.10 Å². The van der Waals surface area contributed by atoms with Crippen LogP contribution >= 0.6 is 11.6 Å². The minimum Gasteiger partial charge on any atom is -0.300 e. The van der Waals surface area contributed by atoms with E-state index in [0.29, 0.717) is 0 Å². The molecule has 1 aromatic rings. The second kappa shape index (κ2) is 6.41. The highest BCUT2D eigenvalue weighted by atomic mass is 35.5. The van der Waals surface area contributed by atoms with Crippen molar-refractivity contribution in [1.29, 1.82) is 0 Å². The van der Waals surface area contributed by atoms with E-state index in [1.54, 1.807) is 0 Å². The van der Waals surface area contributed by atoms with E-state index in [1.165, 1.54) is 31.5 Å². The molecule has 1 fully saturated rings. The van der Waals surface area contributed by atoms with Crippen LogP contribution in [0.3, 0.4) is 0 Å². The topological polar surface area (TPSA) is 21.1 Å². The number of likely N-dealkylation sites (tertiary alicyclic amines) is 1. The molecule has 1 aromatic heterocycles. The Labute approximate surface area is 109 Å². The van der Waals surface area contributed by atoms with E-state index in [-0.39, 0.29) is 0 Å². The maximum atomic E-state index is 5.78. The summed E-state index contributed by atoms with van der Waals surface area (Å²) >= 11 is 5.78. The zero-order valence-corrected chi connectivity index (χ0v) is 11.4. The highest BCUT2D eigenvalue weighted by Crippen LogP contribution is 2.21. The van der Waals surface area contributed by atoms with Gasteiger partial charge in [0.2, 0.25) is 0 Å². The lowest BCUT2D eigenvalue weighted by atomic mass is 10.1. The molecule has 17 heavy (non-hydrogen) atoms. The summed E-state index contributed by atoms with van der Waals surface area (Å²) in [5, 5.41) is 4.21. The Kier molecular flexibility index (Phi) is 4.86. The van der Waals surface area contributed by atoms with Crippen molar-refractivity contribution in [3.63, 3.8) is 0 Å². The number of aromatic nitrogens is 2. The number of alkyl halides is 1. The molecule has 0 aromatic carbocycles. The van der Waals surface area contributed by atoms with Gasteiger partial charge in [-0.15, -0.1) is 11.6 Å². The minimum atomic E-state index is 0.766. The van der Waals surface area contributed by atoms with Gasteiger partial charge in [-0.1, -0.05) is 0 Å². The highest BCUT2D eigenvalue weighted by molar-refractivity contribution is 6.17. The van der Waals surface area contributed by atoms with Crippen molar-refractivity contribution in [2.75, 3.05) is 19.0 Å². The third-order valence-corrected chi connectivity index (χ3v) is 4.01. The molecule has 0 radical (unpaired) electrons. The van der Waals surface area contributed by atoms with E-state index in [9.17, 15) is 0 Å². The third-order valence-electron chi connectivity index (χ3n) is 3.75. The van der Waals surface area contributed by atoms with Gasteiger partial charge in [-0.25, -0.2) is 0 Å². The van der Waals surface area contributed by atoms with Crippen molar-refractivity contribution >= 4 is 11.6 Å². The molecule has 0 spiro atoms. The van der Waals surface area contributed by atoms with Crippen LogP contribution in [0, 0.1) is 0 Å². The Hall–Kier alpha value is -0.540. The van der Waals surface area contributed by atoms with Gasteiger partial charge in [0.05, 0.1) is 0 Å². The molecular weight excluding hydrogens is 234 g/mol. The number of hydrogen-bond acceptors (Lipinski definition) is 2. The second-order valence-electron chi connectivity index (χ2n) is 4.86. The normalized spacial score (nSPS) is 21.2. The Morgan fingerprint density at radius 1 is 1.53 bits per heavy atom. The summed E-state index contributed by atoms with van der Waals surface area (Å²) in [7, 11) is 2.02. The molecule has 1 unspecified atom stereocenters. The first-order valence-electron chi connectivity index (χ1n) is 6.58. The Morgan fingerprint density at radius 2 is 2.41 bits per heavy atom. The molecule has 96 valence electrons. The first-order valence-corrected chi connectivity index (χ1v) is 7.11. The molecule has 0 amide bonds. The number of halogens is 1. The average Bonchev–Trinajstić information content (AvgIpc) is 2.93.